The van der Waals surface area contributed by atoms with Gasteiger partial charge in [-0.15, -0.1) is 0 Å². The van der Waals surface area contributed by atoms with Crippen molar-refractivity contribution in [3.63, 3.8) is 0 Å². The van der Waals surface area contributed by atoms with Crippen LogP contribution in [-0.2, 0) is 21.2 Å². The lowest BCUT2D eigenvalue weighted by molar-refractivity contribution is -0.0119. The van der Waals surface area contributed by atoms with Crippen molar-refractivity contribution in [3.05, 3.63) is 30.1 Å². The number of nitrogens with zero attached hydrogens (tertiary/aromatic N) is 2. The Hall–Kier alpha value is -1.02. The molecule has 0 bridgehead atoms. The summed E-state index contributed by atoms with van der Waals surface area (Å²) in [7, 11) is -3.29. The Kier molecular flexibility index (Phi) is 5.09. The molecule has 20 heavy (non-hydrogen) atoms. The number of rotatable bonds is 5. The molecule has 2 unspecified atom stereocenters. The van der Waals surface area contributed by atoms with E-state index in [1.54, 1.807) is 6.20 Å². The molecule has 2 N–H and O–H groups in total. The van der Waals surface area contributed by atoms with E-state index < -0.39 is 10.0 Å². The smallest absolute Gasteiger partial charge is 0.214 e. The standard InChI is InChI=1S/C13H21N3O3S/c1-11(14)13-10-16(7-8-19-13)20(17,18)9-5-12-4-2-3-6-15-12/h2-4,6,11,13H,5,7-10,14H2,1H3. The van der Waals surface area contributed by atoms with Crippen molar-refractivity contribution in [2.45, 2.75) is 25.5 Å². The van der Waals surface area contributed by atoms with E-state index in [4.69, 9.17) is 10.5 Å². The number of pyridine rings is 1. The summed E-state index contributed by atoms with van der Waals surface area (Å²) in [5, 5.41) is 0. The topological polar surface area (TPSA) is 85.5 Å². The molecule has 112 valence electrons. The summed E-state index contributed by atoms with van der Waals surface area (Å²) in [5.41, 5.74) is 6.57. The Morgan fingerprint density at radius 1 is 1.55 bits per heavy atom. The van der Waals surface area contributed by atoms with Crippen molar-refractivity contribution in [2.75, 3.05) is 25.4 Å². The maximum Gasteiger partial charge on any atom is 0.214 e. The maximum absolute atomic E-state index is 12.3. The third kappa shape index (κ3) is 3.99. The van der Waals surface area contributed by atoms with Crippen LogP contribution in [0.15, 0.2) is 24.4 Å². The zero-order chi connectivity index (χ0) is 14.6. The third-order valence-corrected chi connectivity index (χ3v) is 5.22. The summed E-state index contributed by atoms with van der Waals surface area (Å²) in [5.74, 6) is 0.0652. The number of ether oxygens (including phenoxy) is 1. The molecule has 0 aromatic carbocycles. The first-order chi connectivity index (χ1) is 9.49. The van der Waals surface area contributed by atoms with E-state index in [2.05, 4.69) is 4.98 Å². The molecule has 0 spiro atoms. The number of sulfonamides is 1. The minimum atomic E-state index is -3.29. The van der Waals surface area contributed by atoms with Crippen LogP contribution in [0.2, 0.25) is 0 Å². The summed E-state index contributed by atoms with van der Waals surface area (Å²) in [4.78, 5) is 4.14. The average Bonchev–Trinajstić information content (AvgIpc) is 2.46. The van der Waals surface area contributed by atoms with Gasteiger partial charge in [-0.1, -0.05) is 6.07 Å². The summed E-state index contributed by atoms with van der Waals surface area (Å²) in [6.07, 6.45) is 1.86. The van der Waals surface area contributed by atoms with E-state index in [0.717, 1.165) is 5.69 Å². The summed E-state index contributed by atoms with van der Waals surface area (Å²) in [6.45, 7) is 2.96. The molecule has 2 atom stereocenters. The van der Waals surface area contributed by atoms with Crippen molar-refractivity contribution < 1.29 is 13.2 Å². The van der Waals surface area contributed by atoms with Crippen LogP contribution < -0.4 is 5.73 Å². The van der Waals surface area contributed by atoms with Crippen molar-refractivity contribution >= 4 is 10.0 Å². The van der Waals surface area contributed by atoms with Crippen LogP contribution in [0.1, 0.15) is 12.6 Å². The van der Waals surface area contributed by atoms with E-state index in [-0.39, 0.29) is 17.9 Å². The van der Waals surface area contributed by atoms with E-state index in [1.165, 1.54) is 4.31 Å². The molecule has 2 rings (SSSR count). The zero-order valence-electron chi connectivity index (χ0n) is 11.6. The largest absolute Gasteiger partial charge is 0.374 e. The maximum atomic E-state index is 12.3. The molecule has 0 aliphatic carbocycles. The van der Waals surface area contributed by atoms with Gasteiger partial charge in [-0.05, 0) is 19.1 Å². The van der Waals surface area contributed by atoms with Crippen LogP contribution in [0.25, 0.3) is 0 Å². The van der Waals surface area contributed by atoms with Crippen molar-refractivity contribution in [2.24, 2.45) is 5.73 Å². The number of aryl methyl sites for hydroxylation is 1. The predicted molar refractivity (Wildman–Crippen MR) is 76.7 cm³/mol. The molecule has 6 nitrogen and oxygen atoms in total. The molecule has 7 heteroatoms. The molecule has 1 aliphatic rings. The number of nitrogens with two attached hydrogens (primary N) is 1. The SMILES string of the molecule is CC(N)C1CN(S(=O)(=O)CCc2ccccn2)CCO1. The second-order valence-electron chi connectivity index (χ2n) is 5.01. The van der Waals surface area contributed by atoms with Gasteiger partial charge in [0.05, 0.1) is 18.5 Å². The lowest BCUT2D eigenvalue weighted by Crippen LogP contribution is -2.51. The highest BCUT2D eigenvalue weighted by Gasteiger charge is 2.30. The fraction of sp³-hybridized carbons (Fsp3) is 0.615. The minimum absolute atomic E-state index is 0.0652. The van der Waals surface area contributed by atoms with Gasteiger partial charge in [0.2, 0.25) is 10.0 Å². The van der Waals surface area contributed by atoms with Crippen LogP contribution >= 0.6 is 0 Å². The highest BCUT2D eigenvalue weighted by Crippen LogP contribution is 2.13. The number of hydrogen-bond donors (Lipinski definition) is 1. The van der Waals surface area contributed by atoms with Gasteiger partial charge in [0.1, 0.15) is 0 Å². The molecule has 1 aliphatic heterocycles. The number of morpholine rings is 1. The average molecular weight is 299 g/mol. The first-order valence-corrected chi connectivity index (χ1v) is 8.35. The monoisotopic (exact) mass is 299 g/mol. The predicted octanol–water partition coefficient (Wildman–Crippen LogP) is 0.00190. The van der Waals surface area contributed by atoms with Gasteiger partial charge in [0.25, 0.3) is 0 Å². The second kappa shape index (κ2) is 6.62. The van der Waals surface area contributed by atoms with Gasteiger partial charge >= 0.3 is 0 Å². The quantitative estimate of drug-likeness (QED) is 0.827. The molecule has 1 saturated heterocycles. The highest BCUT2D eigenvalue weighted by atomic mass is 32.2. The van der Waals surface area contributed by atoms with Gasteiger partial charge < -0.3 is 10.5 Å². The lowest BCUT2D eigenvalue weighted by atomic mass is 10.2. The van der Waals surface area contributed by atoms with Crippen LogP contribution in [0.3, 0.4) is 0 Å². The van der Waals surface area contributed by atoms with E-state index >= 15 is 0 Å². The molecular formula is C13H21N3O3S. The van der Waals surface area contributed by atoms with Gasteiger partial charge in [-0.3, -0.25) is 4.98 Å². The van der Waals surface area contributed by atoms with Gasteiger partial charge in [0.15, 0.2) is 0 Å². The Morgan fingerprint density at radius 3 is 3.00 bits per heavy atom. The van der Waals surface area contributed by atoms with E-state index in [1.807, 2.05) is 25.1 Å². The lowest BCUT2D eigenvalue weighted by Gasteiger charge is -2.33. The molecule has 0 amide bonds. The van der Waals surface area contributed by atoms with Crippen LogP contribution in [0, 0.1) is 0 Å². The van der Waals surface area contributed by atoms with Crippen LogP contribution in [0.5, 0.6) is 0 Å². The summed E-state index contributed by atoms with van der Waals surface area (Å²) >= 11 is 0. The molecule has 1 fully saturated rings. The van der Waals surface area contributed by atoms with Gasteiger partial charge in [-0.2, -0.15) is 4.31 Å². The van der Waals surface area contributed by atoms with Crippen molar-refractivity contribution in [1.29, 1.82) is 0 Å². The van der Waals surface area contributed by atoms with Crippen molar-refractivity contribution in [3.8, 4) is 0 Å². The Bertz CT molecular complexity index is 519. The normalized spacial score (nSPS) is 22.6. The molecule has 0 radical (unpaired) electrons. The van der Waals surface area contributed by atoms with Crippen LogP contribution in [0.4, 0.5) is 0 Å². The molecular weight excluding hydrogens is 278 g/mol. The van der Waals surface area contributed by atoms with Crippen LogP contribution in [-0.4, -0.2) is 55.3 Å². The molecule has 1 aromatic rings. The molecule has 0 saturated carbocycles. The Balaban J connectivity index is 1.96. The van der Waals surface area contributed by atoms with Crippen molar-refractivity contribution in [1.82, 2.24) is 9.29 Å². The minimum Gasteiger partial charge on any atom is -0.374 e. The second-order valence-corrected chi connectivity index (χ2v) is 7.10. The first kappa shape index (κ1) is 15.4. The fourth-order valence-electron chi connectivity index (χ4n) is 2.13. The fourth-order valence-corrected chi connectivity index (χ4v) is 3.58. The van der Waals surface area contributed by atoms with E-state index in [0.29, 0.717) is 26.1 Å². The molecule has 1 aromatic heterocycles. The third-order valence-electron chi connectivity index (χ3n) is 3.38. The number of aromatic nitrogens is 1. The highest BCUT2D eigenvalue weighted by molar-refractivity contribution is 7.89. The van der Waals surface area contributed by atoms with Gasteiger partial charge in [-0.25, -0.2) is 8.42 Å². The zero-order valence-corrected chi connectivity index (χ0v) is 12.4. The Labute approximate surface area is 120 Å². The summed E-state index contributed by atoms with van der Waals surface area (Å²) in [6, 6.07) is 5.33. The molecule has 2 heterocycles. The summed E-state index contributed by atoms with van der Waals surface area (Å²) < 4.78 is 31.6. The Morgan fingerprint density at radius 2 is 2.35 bits per heavy atom. The van der Waals surface area contributed by atoms with Gasteiger partial charge in [0, 0.05) is 37.4 Å². The van der Waals surface area contributed by atoms with E-state index in [9.17, 15) is 8.42 Å². The first-order valence-electron chi connectivity index (χ1n) is 6.74. The number of hydrogen-bond acceptors (Lipinski definition) is 5.